The largest absolute Gasteiger partial charge is 0.480 e. The van der Waals surface area contributed by atoms with Crippen LogP contribution >= 0.6 is 0 Å². The van der Waals surface area contributed by atoms with Gasteiger partial charge in [0.05, 0.1) is 0 Å². The zero-order valence-electron chi connectivity index (χ0n) is 18.7. The molecule has 0 aliphatic carbocycles. The van der Waals surface area contributed by atoms with E-state index in [-0.39, 0.29) is 19.3 Å². The van der Waals surface area contributed by atoms with Crippen molar-refractivity contribution in [2.45, 2.75) is 46.1 Å². The van der Waals surface area contributed by atoms with Gasteiger partial charge in [-0.25, -0.2) is 9.59 Å². The summed E-state index contributed by atoms with van der Waals surface area (Å²) in [6.45, 7) is 5.42. The zero-order valence-corrected chi connectivity index (χ0v) is 18.7. The van der Waals surface area contributed by atoms with Crippen LogP contribution in [0.3, 0.4) is 0 Å². The number of carboxylic acid groups (broad SMARTS) is 1. The molecule has 0 saturated carbocycles. The van der Waals surface area contributed by atoms with Gasteiger partial charge in [-0.15, -0.1) is 0 Å². The summed E-state index contributed by atoms with van der Waals surface area (Å²) in [6.07, 6.45) is 0.422. The number of carbonyl (C=O) groups is 2. The maximum absolute atomic E-state index is 12.7. The van der Waals surface area contributed by atoms with Gasteiger partial charge in [0.1, 0.15) is 23.0 Å². The molecule has 0 aliphatic heterocycles. The highest BCUT2D eigenvalue weighted by molar-refractivity contribution is 6.03. The summed E-state index contributed by atoms with van der Waals surface area (Å²) in [5.41, 5.74) is 3.70. The molecule has 0 bridgehead atoms. The number of rotatable bonds is 7. The number of hydrogen-bond donors (Lipinski definition) is 2. The molecular weight excluding hydrogens is 422 g/mol. The number of amides is 1. The summed E-state index contributed by atoms with van der Waals surface area (Å²) in [5.74, 6) is -0.733. The van der Waals surface area contributed by atoms with Crippen LogP contribution in [0.4, 0.5) is 0 Å². The number of carbonyl (C=O) groups excluding carboxylic acids is 1. The first-order valence-corrected chi connectivity index (χ1v) is 10.9. The third kappa shape index (κ3) is 4.26. The highest BCUT2D eigenvalue weighted by Crippen LogP contribution is 2.37. The molecule has 7 heteroatoms. The van der Waals surface area contributed by atoms with Crippen molar-refractivity contribution in [2.24, 2.45) is 0 Å². The van der Waals surface area contributed by atoms with Crippen molar-refractivity contribution >= 4 is 33.8 Å². The van der Waals surface area contributed by atoms with Crippen molar-refractivity contribution < 1.29 is 23.5 Å². The van der Waals surface area contributed by atoms with E-state index in [1.165, 1.54) is 0 Å². The van der Waals surface area contributed by atoms with Crippen molar-refractivity contribution in [3.8, 4) is 11.1 Å². The van der Waals surface area contributed by atoms with E-state index in [0.29, 0.717) is 16.7 Å². The first-order chi connectivity index (χ1) is 15.8. The van der Waals surface area contributed by atoms with E-state index < -0.39 is 23.5 Å². The van der Waals surface area contributed by atoms with Gasteiger partial charge in [0.25, 0.3) is 0 Å². The summed E-state index contributed by atoms with van der Waals surface area (Å²) < 4.78 is 11.5. The second-order valence-electron chi connectivity index (χ2n) is 8.10. The smallest absolute Gasteiger partial charge is 0.339 e. The van der Waals surface area contributed by atoms with Gasteiger partial charge in [-0.2, -0.15) is 0 Å². The predicted molar refractivity (Wildman–Crippen MR) is 125 cm³/mol. The van der Waals surface area contributed by atoms with Crippen LogP contribution in [0, 0.1) is 13.8 Å². The molecule has 2 aromatic heterocycles. The molecule has 1 unspecified atom stereocenters. The van der Waals surface area contributed by atoms with Crippen molar-refractivity contribution in [1.29, 1.82) is 0 Å². The van der Waals surface area contributed by atoms with Crippen LogP contribution in [0.5, 0.6) is 0 Å². The number of aliphatic carboxylic acids is 1. The molecule has 2 N–H and O–H groups in total. The first-order valence-electron chi connectivity index (χ1n) is 10.9. The van der Waals surface area contributed by atoms with Crippen molar-refractivity contribution in [3.63, 3.8) is 0 Å². The fourth-order valence-electron chi connectivity index (χ4n) is 4.20. The van der Waals surface area contributed by atoms with E-state index in [4.69, 9.17) is 13.9 Å². The normalized spacial score (nSPS) is 12.2. The molecule has 4 rings (SSSR count). The lowest BCUT2D eigenvalue weighted by Crippen LogP contribution is -2.40. The maximum Gasteiger partial charge on any atom is 0.339 e. The Morgan fingerprint density at radius 2 is 1.73 bits per heavy atom. The van der Waals surface area contributed by atoms with Crippen molar-refractivity contribution in [2.75, 3.05) is 0 Å². The van der Waals surface area contributed by atoms with Crippen LogP contribution in [0.25, 0.3) is 33.1 Å². The second kappa shape index (κ2) is 8.94. The van der Waals surface area contributed by atoms with E-state index in [1.807, 2.05) is 50.2 Å². The van der Waals surface area contributed by atoms with Crippen molar-refractivity contribution in [3.05, 3.63) is 69.8 Å². The minimum atomic E-state index is -1.08. The van der Waals surface area contributed by atoms with Crippen LogP contribution in [-0.4, -0.2) is 23.0 Å². The van der Waals surface area contributed by atoms with Crippen molar-refractivity contribution in [1.82, 2.24) is 5.32 Å². The zero-order chi connectivity index (χ0) is 23.7. The minimum Gasteiger partial charge on any atom is -0.480 e. The molecule has 7 nitrogen and oxygen atoms in total. The van der Waals surface area contributed by atoms with Crippen LogP contribution in [0.2, 0.25) is 0 Å². The van der Waals surface area contributed by atoms with E-state index >= 15 is 0 Å². The lowest BCUT2D eigenvalue weighted by atomic mass is 9.98. The Bertz CT molecular complexity index is 1410. The Hall–Kier alpha value is -3.87. The van der Waals surface area contributed by atoms with Gasteiger partial charge in [-0.1, -0.05) is 37.3 Å². The summed E-state index contributed by atoms with van der Waals surface area (Å²) in [4.78, 5) is 36.0. The molecule has 2 heterocycles. The molecule has 0 saturated heterocycles. The van der Waals surface area contributed by atoms with E-state index in [9.17, 15) is 14.4 Å². The van der Waals surface area contributed by atoms with Gasteiger partial charge in [0.15, 0.2) is 0 Å². The van der Waals surface area contributed by atoms with Gasteiger partial charge >= 0.3 is 11.6 Å². The standard InChI is InChI=1S/C26H25NO6/c1-4-20(25(29)30)27-23(28)11-10-17-14(2)18-12-19-22(13-21(18)33-26(17)31)32-15(3)24(19)16-8-6-5-7-9-16/h5-9,12-13,20H,4,10-11H2,1-3H3,(H,27,28)(H,29,30). The third-order valence-corrected chi connectivity index (χ3v) is 5.98. The predicted octanol–water partition coefficient (Wildman–Crippen LogP) is 4.74. The fraction of sp³-hybridized carbons (Fsp3) is 0.269. The topological polar surface area (TPSA) is 110 Å². The molecule has 4 aromatic rings. The molecule has 0 fully saturated rings. The number of carboxylic acids is 1. The van der Waals surface area contributed by atoms with Gasteiger partial charge < -0.3 is 19.3 Å². The average Bonchev–Trinajstić information content (AvgIpc) is 3.11. The molecule has 0 radical (unpaired) electrons. The summed E-state index contributed by atoms with van der Waals surface area (Å²) >= 11 is 0. The molecule has 170 valence electrons. The molecule has 2 aromatic carbocycles. The molecule has 0 spiro atoms. The highest BCUT2D eigenvalue weighted by atomic mass is 16.4. The molecule has 0 aliphatic rings. The monoisotopic (exact) mass is 447 g/mol. The summed E-state index contributed by atoms with van der Waals surface area (Å²) in [5, 5.41) is 13.3. The summed E-state index contributed by atoms with van der Waals surface area (Å²) in [6, 6.07) is 12.7. The molecule has 33 heavy (non-hydrogen) atoms. The maximum atomic E-state index is 12.7. The minimum absolute atomic E-state index is 0.0107. The quantitative estimate of drug-likeness (QED) is 0.396. The van der Waals surface area contributed by atoms with E-state index in [0.717, 1.165) is 33.2 Å². The van der Waals surface area contributed by atoms with E-state index in [1.54, 1.807) is 13.0 Å². The van der Waals surface area contributed by atoms with Gasteiger partial charge in [-0.05, 0) is 43.9 Å². The van der Waals surface area contributed by atoms with E-state index in [2.05, 4.69) is 5.32 Å². The van der Waals surface area contributed by atoms with Crippen LogP contribution < -0.4 is 10.9 Å². The Kier molecular flexibility index (Phi) is 6.05. The average molecular weight is 447 g/mol. The summed E-state index contributed by atoms with van der Waals surface area (Å²) in [7, 11) is 0. The molecular formula is C26H25NO6. The Balaban J connectivity index is 1.72. The number of fused-ring (bicyclic) bond motifs is 2. The Morgan fingerprint density at radius 1 is 1.03 bits per heavy atom. The molecule has 1 atom stereocenters. The highest BCUT2D eigenvalue weighted by Gasteiger charge is 2.20. The number of aryl methyl sites for hydroxylation is 2. The van der Waals surface area contributed by atoms with Crippen LogP contribution in [-0.2, 0) is 16.0 Å². The number of furan rings is 1. The molecule has 1 amide bonds. The number of nitrogens with one attached hydrogen (secondary N) is 1. The van der Waals surface area contributed by atoms with Gasteiger partial charge in [0.2, 0.25) is 5.91 Å². The number of benzene rings is 2. The lowest BCUT2D eigenvalue weighted by molar-refractivity contribution is -0.141. The lowest BCUT2D eigenvalue weighted by Gasteiger charge is -2.12. The first kappa shape index (κ1) is 22.3. The van der Waals surface area contributed by atoms with Crippen LogP contribution in [0.1, 0.15) is 36.7 Å². The second-order valence-corrected chi connectivity index (χ2v) is 8.10. The fourth-order valence-corrected chi connectivity index (χ4v) is 4.20. The number of hydrogen-bond acceptors (Lipinski definition) is 5. The van der Waals surface area contributed by atoms with Crippen LogP contribution in [0.15, 0.2) is 56.1 Å². The Labute approximate surface area is 190 Å². The van der Waals surface area contributed by atoms with Gasteiger partial charge in [-0.3, -0.25) is 4.79 Å². The Morgan fingerprint density at radius 3 is 2.39 bits per heavy atom. The SMILES string of the molecule is CCC(NC(=O)CCc1c(C)c2cc3c(-c4ccccc4)c(C)oc3cc2oc1=O)C(=O)O. The van der Waals surface area contributed by atoms with Gasteiger partial charge in [0, 0.05) is 34.4 Å². The third-order valence-electron chi connectivity index (χ3n) is 5.98.